The molecule has 1 heterocycles. The third-order valence-corrected chi connectivity index (χ3v) is 4.99. The molecule has 0 atom stereocenters. The number of amides is 1. The first kappa shape index (κ1) is 21.2. The first-order chi connectivity index (χ1) is 13.0. The van der Waals surface area contributed by atoms with E-state index in [4.69, 9.17) is 0 Å². The Hall–Kier alpha value is -2.08. The maximum absolute atomic E-state index is 11.9. The molecule has 1 saturated heterocycles. The molecule has 1 aliphatic rings. The fourth-order valence-corrected chi connectivity index (χ4v) is 3.04. The van der Waals surface area contributed by atoms with Gasteiger partial charge in [-0.25, -0.2) is 4.99 Å². The summed E-state index contributed by atoms with van der Waals surface area (Å²) < 4.78 is 0. The molecule has 1 fully saturated rings. The van der Waals surface area contributed by atoms with E-state index < -0.39 is 0 Å². The molecule has 1 aliphatic heterocycles. The Balaban J connectivity index is 1.78. The number of carbonyl (C=O) groups excluding carboxylic acids is 1. The average Bonchev–Trinajstić information content (AvgIpc) is 2.68. The number of likely N-dealkylation sites (N-methyl/N-ethyl adjacent to an activating group) is 1. The highest BCUT2D eigenvalue weighted by atomic mass is 16.2. The molecule has 0 radical (unpaired) electrons. The summed E-state index contributed by atoms with van der Waals surface area (Å²) in [5, 5.41) is 6.52. The first-order valence-electron chi connectivity index (χ1n) is 10.0. The number of benzene rings is 1. The van der Waals surface area contributed by atoms with E-state index in [0.717, 1.165) is 31.0 Å². The van der Waals surface area contributed by atoms with Crippen molar-refractivity contribution in [3.63, 3.8) is 0 Å². The predicted octanol–water partition coefficient (Wildman–Crippen LogP) is 1.93. The largest absolute Gasteiger partial charge is 0.356 e. The second kappa shape index (κ2) is 11.6. The van der Waals surface area contributed by atoms with E-state index in [1.807, 2.05) is 18.2 Å². The Bertz CT molecular complexity index is 579. The van der Waals surface area contributed by atoms with E-state index >= 15 is 0 Å². The molecule has 6 heteroatoms. The van der Waals surface area contributed by atoms with Gasteiger partial charge in [0.15, 0.2) is 5.96 Å². The van der Waals surface area contributed by atoms with Crippen LogP contribution in [0.2, 0.25) is 0 Å². The third-order valence-electron chi connectivity index (χ3n) is 4.99. The number of hydrogen-bond donors (Lipinski definition) is 2. The zero-order chi connectivity index (χ0) is 19.5. The second-order valence-corrected chi connectivity index (χ2v) is 7.60. The van der Waals surface area contributed by atoms with Gasteiger partial charge in [0, 0.05) is 20.6 Å². The van der Waals surface area contributed by atoms with Gasteiger partial charge in [0.25, 0.3) is 0 Å². The number of nitrogens with one attached hydrogen (secondary N) is 2. The number of carbonyl (C=O) groups is 1. The van der Waals surface area contributed by atoms with Crippen molar-refractivity contribution in [3.8, 4) is 0 Å². The topological polar surface area (TPSA) is 60.0 Å². The molecule has 0 aliphatic carbocycles. The summed E-state index contributed by atoms with van der Waals surface area (Å²) in [5.74, 6) is 1.60. The van der Waals surface area contributed by atoms with Gasteiger partial charge in [0.05, 0.1) is 13.1 Å². The highest BCUT2D eigenvalue weighted by Crippen LogP contribution is 2.15. The number of guanidine groups is 1. The number of piperidine rings is 1. The zero-order valence-electron chi connectivity index (χ0n) is 17.1. The Morgan fingerprint density at radius 3 is 2.56 bits per heavy atom. The molecular formula is C21H35N5O. The predicted molar refractivity (Wildman–Crippen MR) is 112 cm³/mol. The number of nitrogens with zero attached hydrogens (tertiary/aromatic N) is 3. The second-order valence-electron chi connectivity index (χ2n) is 7.60. The summed E-state index contributed by atoms with van der Waals surface area (Å²) in [5.41, 5.74) is 1.15. The summed E-state index contributed by atoms with van der Waals surface area (Å²) in [4.78, 5) is 20.6. The van der Waals surface area contributed by atoms with Gasteiger partial charge in [0.2, 0.25) is 5.91 Å². The van der Waals surface area contributed by atoms with Crippen LogP contribution in [0, 0.1) is 5.92 Å². The van der Waals surface area contributed by atoms with E-state index in [9.17, 15) is 4.79 Å². The molecule has 1 amide bonds. The Morgan fingerprint density at radius 2 is 1.89 bits per heavy atom. The number of aliphatic imine (C=N–C) groups is 1. The molecule has 0 unspecified atom stereocenters. The molecule has 1 aromatic rings. The van der Waals surface area contributed by atoms with Gasteiger partial charge in [-0.15, -0.1) is 0 Å². The van der Waals surface area contributed by atoms with Crippen molar-refractivity contribution < 1.29 is 4.79 Å². The van der Waals surface area contributed by atoms with E-state index in [0.29, 0.717) is 12.5 Å². The molecule has 6 nitrogen and oxygen atoms in total. The highest BCUT2D eigenvalue weighted by Gasteiger charge is 2.14. The van der Waals surface area contributed by atoms with Crippen LogP contribution >= 0.6 is 0 Å². The van der Waals surface area contributed by atoms with Crippen LogP contribution in [0.25, 0.3) is 0 Å². The molecule has 27 heavy (non-hydrogen) atoms. The summed E-state index contributed by atoms with van der Waals surface area (Å²) in [7, 11) is 3.52. The quantitative estimate of drug-likeness (QED) is 0.415. The Labute approximate surface area is 164 Å². The summed E-state index contributed by atoms with van der Waals surface area (Å²) in [6.07, 6.45) is 3.69. The fourth-order valence-electron chi connectivity index (χ4n) is 3.04. The van der Waals surface area contributed by atoms with E-state index in [1.165, 1.54) is 25.9 Å². The Morgan fingerprint density at radius 1 is 1.19 bits per heavy atom. The lowest BCUT2D eigenvalue weighted by atomic mass is 9.99. The van der Waals surface area contributed by atoms with Crippen molar-refractivity contribution in [2.75, 3.05) is 46.8 Å². The van der Waals surface area contributed by atoms with E-state index in [-0.39, 0.29) is 12.5 Å². The van der Waals surface area contributed by atoms with Crippen molar-refractivity contribution in [1.29, 1.82) is 0 Å². The van der Waals surface area contributed by atoms with Crippen LogP contribution in [0.1, 0.15) is 31.7 Å². The van der Waals surface area contributed by atoms with Crippen molar-refractivity contribution in [2.45, 2.75) is 32.7 Å². The maximum atomic E-state index is 11.9. The lowest BCUT2D eigenvalue weighted by Crippen LogP contribution is -2.43. The maximum Gasteiger partial charge on any atom is 0.241 e. The molecule has 2 rings (SSSR count). The van der Waals surface area contributed by atoms with E-state index in [2.05, 4.69) is 39.6 Å². The zero-order valence-corrected chi connectivity index (χ0v) is 17.1. The van der Waals surface area contributed by atoms with Crippen LogP contribution in [-0.4, -0.2) is 68.5 Å². The van der Waals surface area contributed by atoms with Crippen LogP contribution in [0.5, 0.6) is 0 Å². The van der Waals surface area contributed by atoms with Crippen molar-refractivity contribution in [1.82, 2.24) is 20.4 Å². The van der Waals surface area contributed by atoms with Crippen LogP contribution < -0.4 is 10.6 Å². The van der Waals surface area contributed by atoms with Crippen molar-refractivity contribution >= 4 is 11.9 Å². The van der Waals surface area contributed by atoms with Gasteiger partial charge in [-0.1, -0.05) is 37.3 Å². The monoisotopic (exact) mass is 373 g/mol. The highest BCUT2D eigenvalue weighted by molar-refractivity contribution is 5.86. The first-order valence-corrected chi connectivity index (χ1v) is 10.0. The average molecular weight is 374 g/mol. The van der Waals surface area contributed by atoms with Gasteiger partial charge < -0.3 is 20.4 Å². The molecule has 1 aromatic carbocycles. The van der Waals surface area contributed by atoms with Gasteiger partial charge in [-0.2, -0.15) is 0 Å². The molecule has 2 N–H and O–H groups in total. The minimum absolute atomic E-state index is 0.0339. The van der Waals surface area contributed by atoms with Gasteiger partial charge in [0.1, 0.15) is 0 Å². The van der Waals surface area contributed by atoms with Gasteiger partial charge >= 0.3 is 0 Å². The SMILES string of the molecule is CC1CCN(CCCNC(=NCc2ccccc2)NCC(=O)N(C)C)CC1. The van der Waals surface area contributed by atoms with Gasteiger partial charge in [-0.3, -0.25) is 4.79 Å². The van der Waals surface area contributed by atoms with Crippen molar-refractivity contribution in [3.05, 3.63) is 35.9 Å². The standard InChI is InChI=1S/C21H35N5O/c1-18-10-14-26(15-11-18)13-7-12-22-21(24-17-20(27)25(2)3)23-16-19-8-5-4-6-9-19/h4-6,8-9,18H,7,10-17H2,1-3H3,(H2,22,23,24). The summed E-state index contributed by atoms with van der Waals surface area (Å²) in [6.45, 7) is 7.58. The molecule has 150 valence electrons. The minimum atomic E-state index is 0.0339. The molecular weight excluding hydrogens is 338 g/mol. The van der Waals surface area contributed by atoms with E-state index in [1.54, 1.807) is 19.0 Å². The van der Waals surface area contributed by atoms with Crippen molar-refractivity contribution in [2.24, 2.45) is 10.9 Å². The third kappa shape index (κ3) is 8.43. The number of likely N-dealkylation sites (tertiary alicyclic amines) is 1. The van der Waals surface area contributed by atoms with Gasteiger partial charge in [-0.05, 0) is 50.4 Å². The molecule has 0 aromatic heterocycles. The molecule has 0 saturated carbocycles. The lowest BCUT2D eigenvalue weighted by Gasteiger charge is -2.30. The van der Waals surface area contributed by atoms with Crippen LogP contribution in [0.4, 0.5) is 0 Å². The van der Waals surface area contributed by atoms with Crippen LogP contribution in [0.15, 0.2) is 35.3 Å². The molecule has 0 bridgehead atoms. The number of hydrogen-bond acceptors (Lipinski definition) is 3. The fraction of sp³-hybridized carbons (Fsp3) is 0.619. The summed E-state index contributed by atoms with van der Waals surface area (Å²) >= 11 is 0. The lowest BCUT2D eigenvalue weighted by molar-refractivity contribution is -0.127. The Kier molecular flexibility index (Phi) is 9.11. The summed E-state index contributed by atoms with van der Waals surface area (Å²) in [6, 6.07) is 10.1. The van der Waals surface area contributed by atoms with Crippen LogP contribution in [0.3, 0.4) is 0 Å². The normalized spacial score (nSPS) is 16.2. The minimum Gasteiger partial charge on any atom is -0.356 e. The molecule has 0 spiro atoms. The number of rotatable bonds is 8. The smallest absolute Gasteiger partial charge is 0.241 e. The van der Waals surface area contributed by atoms with Crippen LogP contribution in [-0.2, 0) is 11.3 Å².